The van der Waals surface area contributed by atoms with Crippen LogP contribution < -0.4 is 10.2 Å². The molecule has 132 valence electrons. The van der Waals surface area contributed by atoms with E-state index in [9.17, 15) is 14.3 Å². The number of nitrogens with one attached hydrogen (secondary N) is 2. The number of aliphatic imine (C=N–C) groups is 1. The Morgan fingerprint density at radius 3 is 2.77 bits per heavy atom. The fourth-order valence-electron chi connectivity index (χ4n) is 3.05. The van der Waals surface area contributed by atoms with Crippen molar-refractivity contribution in [3.63, 3.8) is 0 Å². The molecule has 2 aromatic carbocycles. The topological polar surface area (TPSA) is 80.7 Å². The highest BCUT2D eigenvalue weighted by molar-refractivity contribution is 6.02. The minimum Gasteiger partial charge on any atom is -0.494 e. The van der Waals surface area contributed by atoms with Gasteiger partial charge < -0.3 is 20.3 Å². The zero-order valence-corrected chi connectivity index (χ0v) is 13.9. The molecule has 3 N–H and O–H groups in total. The van der Waals surface area contributed by atoms with Crippen LogP contribution in [-0.4, -0.2) is 41.8 Å². The van der Waals surface area contributed by atoms with Crippen molar-refractivity contribution < 1.29 is 14.3 Å². The molecule has 1 fully saturated rings. The lowest BCUT2D eigenvalue weighted by Gasteiger charge is -2.28. The lowest BCUT2D eigenvalue weighted by molar-refractivity contribution is -0.120. The predicted molar refractivity (Wildman–Crippen MR) is 98.8 cm³/mol. The number of aromatic amines is 1. The Hall–Kier alpha value is -3.35. The number of carbonyl (C=O) groups is 1. The van der Waals surface area contributed by atoms with E-state index in [0.717, 1.165) is 12.2 Å². The van der Waals surface area contributed by atoms with Crippen LogP contribution in [-0.2, 0) is 4.79 Å². The number of piperazine rings is 1. The lowest BCUT2D eigenvalue weighted by atomic mass is 10.2. The molecule has 3 aromatic rings. The molecular weight excluding hydrogens is 335 g/mol. The van der Waals surface area contributed by atoms with E-state index in [4.69, 9.17) is 0 Å². The third-order valence-corrected chi connectivity index (χ3v) is 4.38. The van der Waals surface area contributed by atoms with Crippen molar-refractivity contribution in [2.45, 2.75) is 0 Å². The van der Waals surface area contributed by atoms with Gasteiger partial charge in [-0.25, -0.2) is 4.39 Å². The molecule has 1 amide bonds. The number of aromatic nitrogens is 1. The number of rotatable bonds is 3. The van der Waals surface area contributed by atoms with Crippen molar-refractivity contribution in [3.8, 4) is 5.88 Å². The van der Waals surface area contributed by atoms with Crippen LogP contribution in [0.2, 0.25) is 0 Å². The summed E-state index contributed by atoms with van der Waals surface area (Å²) in [6.07, 6.45) is 1.51. The fraction of sp³-hybridized carbons (Fsp3) is 0.158. The summed E-state index contributed by atoms with van der Waals surface area (Å²) in [7, 11) is 0. The van der Waals surface area contributed by atoms with E-state index in [2.05, 4.69) is 15.3 Å². The summed E-state index contributed by atoms with van der Waals surface area (Å²) in [5, 5.41) is 13.4. The Labute approximate surface area is 149 Å². The number of hydrogen-bond acceptors (Lipinski definition) is 4. The molecule has 1 aromatic heterocycles. The molecule has 2 heterocycles. The van der Waals surface area contributed by atoms with Crippen molar-refractivity contribution in [2.75, 3.05) is 24.5 Å². The van der Waals surface area contributed by atoms with Gasteiger partial charge >= 0.3 is 0 Å². The van der Waals surface area contributed by atoms with Crippen LogP contribution in [0.3, 0.4) is 0 Å². The molecule has 0 bridgehead atoms. The van der Waals surface area contributed by atoms with Gasteiger partial charge in [0.2, 0.25) is 5.91 Å². The van der Waals surface area contributed by atoms with Crippen LogP contribution in [0.25, 0.3) is 10.9 Å². The standard InChI is InChI=1S/C19H17FN4O2/c20-12-1-6-17-15(9-12)16(19(26)23-17)10-22-13-2-4-14(5-3-13)24-8-7-21-18(25)11-24/h1-6,9-10,23,26H,7-8,11H2,(H,21,25). The fourth-order valence-corrected chi connectivity index (χ4v) is 3.05. The molecule has 0 atom stereocenters. The minimum atomic E-state index is -0.374. The number of halogens is 1. The largest absolute Gasteiger partial charge is 0.494 e. The SMILES string of the molecule is O=C1CN(c2ccc(N=Cc3c(O)[nH]c4ccc(F)cc34)cc2)CCN1. The Kier molecular flexibility index (Phi) is 4.04. The summed E-state index contributed by atoms with van der Waals surface area (Å²) in [6, 6.07) is 11.7. The Morgan fingerprint density at radius 1 is 1.19 bits per heavy atom. The summed E-state index contributed by atoms with van der Waals surface area (Å²) in [6.45, 7) is 1.75. The average Bonchev–Trinajstić information content (AvgIpc) is 2.95. The number of anilines is 1. The molecule has 0 radical (unpaired) electrons. The van der Waals surface area contributed by atoms with Crippen LogP contribution in [0.15, 0.2) is 47.5 Å². The smallest absolute Gasteiger partial charge is 0.239 e. The zero-order valence-electron chi connectivity index (χ0n) is 13.9. The molecule has 0 saturated carbocycles. The Bertz CT molecular complexity index is 995. The maximum atomic E-state index is 13.5. The number of hydrogen-bond donors (Lipinski definition) is 3. The van der Waals surface area contributed by atoms with Gasteiger partial charge in [0, 0.05) is 35.9 Å². The van der Waals surface area contributed by atoms with E-state index in [1.807, 2.05) is 29.2 Å². The molecule has 1 saturated heterocycles. The average molecular weight is 352 g/mol. The number of carbonyl (C=O) groups excluding carboxylic acids is 1. The van der Waals surface area contributed by atoms with Gasteiger partial charge in [-0.3, -0.25) is 9.79 Å². The van der Waals surface area contributed by atoms with Gasteiger partial charge in [0.15, 0.2) is 5.88 Å². The summed E-state index contributed by atoms with van der Waals surface area (Å²) in [4.78, 5) is 20.6. The van der Waals surface area contributed by atoms with Crippen LogP contribution in [0.5, 0.6) is 5.88 Å². The van der Waals surface area contributed by atoms with Gasteiger partial charge in [0.1, 0.15) is 5.82 Å². The van der Waals surface area contributed by atoms with Crippen molar-refractivity contribution in [1.82, 2.24) is 10.3 Å². The van der Waals surface area contributed by atoms with Crippen molar-refractivity contribution in [1.29, 1.82) is 0 Å². The van der Waals surface area contributed by atoms with Gasteiger partial charge in [-0.1, -0.05) is 0 Å². The molecule has 0 unspecified atom stereocenters. The molecule has 7 heteroatoms. The van der Waals surface area contributed by atoms with Crippen molar-refractivity contribution in [3.05, 3.63) is 53.8 Å². The third-order valence-electron chi connectivity index (χ3n) is 4.38. The molecular formula is C19H17FN4O2. The normalized spacial score (nSPS) is 15.0. The van der Waals surface area contributed by atoms with E-state index < -0.39 is 0 Å². The summed E-state index contributed by atoms with van der Waals surface area (Å²) < 4.78 is 13.5. The molecule has 26 heavy (non-hydrogen) atoms. The van der Waals surface area contributed by atoms with Crippen LogP contribution >= 0.6 is 0 Å². The third kappa shape index (κ3) is 3.11. The highest BCUT2D eigenvalue weighted by Gasteiger charge is 2.16. The maximum absolute atomic E-state index is 13.5. The van der Waals surface area contributed by atoms with Crippen LogP contribution in [0.4, 0.5) is 15.8 Å². The van der Waals surface area contributed by atoms with Crippen LogP contribution in [0.1, 0.15) is 5.56 Å². The summed E-state index contributed by atoms with van der Waals surface area (Å²) >= 11 is 0. The molecule has 4 rings (SSSR count). The van der Waals surface area contributed by atoms with E-state index in [0.29, 0.717) is 35.2 Å². The number of benzene rings is 2. The van der Waals surface area contributed by atoms with Gasteiger partial charge in [-0.2, -0.15) is 0 Å². The minimum absolute atomic E-state index is 0.0143. The number of amides is 1. The highest BCUT2D eigenvalue weighted by atomic mass is 19.1. The second-order valence-electron chi connectivity index (χ2n) is 6.12. The van der Waals surface area contributed by atoms with E-state index in [-0.39, 0.29) is 17.6 Å². The molecule has 0 spiro atoms. The van der Waals surface area contributed by atoms with Crippen LogP contribution in [0, 0.1) is 5.82 Å². The Morgan fingerprint density at radius 2 is 2.00 bits per heavy atom. The van der Waals surface area contributed by atoms with E-state index in [1.165, 1.54) is 18.3 Å². The second kappa shape index (κ2) is 6.51. The van der Waals surface area contributed by atoms with E-state index in [1.54, 1.807) is 6.07 Å². The van der Waals surface area contributed by atoms with E-state index >= 15 is 0 Å². The Balaban J connectivity index is 1.57. The van der Waals surface area contributed by atoms with Gasteiger partial charge in [-0.15, -0.1) is 0 Å². The van der Waals surface area contributed by atoms with Gasteiger partial charge in [0.25, 0.3) is 0 Å². The first-order valence-corrected chi connectivity index (χ1v) is 8.26. The highest BCUT2D eigenvalue weighted by Crippen LogP contribution is 2.27. The molecule has 0 aliphatic carbocycles. The first-order chi connectivity index (χ1) is 12.6. The monoisotopic (exact) mass is 352 g/mol. The number of fused-ring (bicyclic) bond motifs is 1. The molecule has 1 aliphatic heterocycles. The van der Waals surface area contributed by atoms with Crippen molar-refractivity contribution in [2.24, 2.45) is 4.99 Å². The van der Waals surface area contributed by atoms with Gasteiger partial charge in [0.05, 0.1) is 17.8 Å². The molecule has 1 aliphatic rings. The number of aromatic hydroxyl groups is 1. The second-order valence-corrected chi connectivity index (χ2v) is 6.12. The summed E-state index contributed by atoms with van der Waals surface area (Å²) in [5.41, 5.74) is 2.73. The predicted octanol–water partition coefficient (Wildman–Crippen LogP) is 2.70. The number of H-pyrrole nitrogens is 1. The first kappa shape index (κ1) is 16.1. The lowest BCUT2D eigenvalue weighted by Crippen LogP contribution is -2.47. The number of nitrogens with zero attached hydrogens (tertiary/aromatic N) is 2. The molecule has 6 nitrogen and oxygen atoms in total. The first-order valence-electron chi connectivity index (χ1n) is 8.26. The quantitative estimate of drug-likeness (QED) is 0.634. The maximum Gasteiger partial charge on any atom is 0.239 e. The van der Waals surface area contributed by atoms with Gasteiger partial charge in [-0.05, 0) is 42.5 Å². The summed E-state index contributed by atoms with van der Waals surface area (Å²) in [5.74, 6) is -0.410. The zero-order chi connectivity index (χ0) is 18.1. The van der Waals surface area contributed by atoms with Crippen molar-refractivity contribution >= 4 is 34.4 Å².